The van der Waals surface area contributed by atoms with Gasteiger partial charge in [-0.25, -0.2) is 0 Å². The lowest BCUT2D eigenvalue weighted by molar-refractivity contribution is 0.0947. The van der Waals surface area contributed by atoms with Crippen molar-refractivity contribution in [1.82, 2.24) is 19.7 Å². The van der Waals surface area contributed by atoms with Crippen molar-refractivity contribution >= 4 is 11.9 Å². The Morgan fingerprint density at radius 3 is 2.59 bits per heavy atom. The largest absolute Gasteiger partial charge is 0.497 e. The molecule has 2 aromatic heterocycles. The van der Waals surface area contributed by atoms with Gasteiger partial charge in [-0.15, -0.1) is 5.10 Å². The average molecular weight is 385 g/mol. The minimum absolute atomic E-state index is 0.299. The first-order valence-corrected chi connectivity index (χ1v) is 9.08. The van der Waals surface area contributed by atoms with Crippen molar-refractivity contribution < 1.29 is 9.53 Å². The third-order valence-corrected chi connectivity index (χ3v) is 4.35. The molecule has 0 fully saturated rings. The number of ether oxygens (including phenoxy) is 1. The van der Waals surface area contributed by atoms with E-state index in [1.165, 1.54) is 4.68 Å². The molecule has 1 N–H and O–H groups in total. The second-order valence-electron chi connectivity index (χ2n) is 6.28. The fraction of sp³-hybridized carbons (Fsp3) is 0.0909. The molecule has 0 unspecified atom stereocenters. The highest BCUT2D eigenvalue weighted by atomic mass is 16.5. The molecule has 29 heavy (non-hydrogen) atoms. The topological polar surface area (TPSA) is 81.9 Å². The molecule has 0 radical (unpaired) electrons. The molecule has 4 aromatic rings. The van der Waals surface area contributed by atoms with Crippen LogP contribution >= 0.6 is 0 Å². The van der Waals surface area contributed by atoms with E-state index in [-0.39, 0.29) is 5.91 Å². The van der Waals surface area contributed by atoms with E-state index in [1.807, 2.05) is 30.3 Å². The van der Waals surface area contributed by atoms with Crippen LogP contribution in [0.4, 0.5) is 5.95 Å². The number of pyridine rings is 1. The molecule has 2 aromatic carbocycles. The van der Waals surface area contributed by atoms with Crippen LogP contribution in [0.5, 0.6) is 5.75 Å². The van der Waals surface area contributed by atoms with Crippen LogP contribution in [-0.4, -0.2) is 32.8 Å². The number of aromatic nitrogens is 4. The summed E-state index contributed by atoms with van der Waals surface area (Å²) in [5, 5.41) is 7.67. The van der Waals surface area contributed by atoms with Crippen molar-refractivity contribution in [3.05, 3.63) is 90.3 Å². The van der Waals surface area contributed by atoms with Crippen LogP contribution in [0, 0.1) is 0 Å². The van der Waals surface area contributed by atoms with Gasteiger partial charge in [0.05, 0.1) is 7.11 Å². The lowest BCUT2D eigenvalue weighted by Crippen LogP contribution is -2.17. The predicted octanol–water partition coefficient (Wildman–Crippen LogP) is 3.65. The van der Waals surface area contributed by atoms with E-state index in [9.17, 15) is 4.79 Å². The summed E-state index contributed by atoms with van der Waals surface area (Å²) in [6, 6.07) is 20.4. The Kier molecular flexibility index (Phi) is 5.29. The second-order valence-corrected chi connectivity index (χ2v) is 6.28. The van der Waals surface area contributed by atoms with Crippen LogP contribution in [0.25, 0.3) is 11.4 Å². The van der Waals surface area contributed by atoms with Crippen molar-refractivity contribution in [2.24, 2.45) is 0 Å². The fourth-order valence-corrected chi connectivity index (χ4v) is 2.85. The summed E-state index contributed by atoms with van der Waals surface area (Å²) < 4.78 is 6.52. The van der Waals surface area contributed by atoms with E-state index in [4.69, 9.17) is 4.74 Å². The lowest BCUT2D eigenvalue weighted by Gasteiger charge is -2.08. The molecule has 0 saturated carbocycles. The van der Waals surface area contributed by atoms with Gasteiger partial charge < -0.3 is 10.1 Å². The monoisotopic (exact) mass is 385 g/mol. The predicted molar refractivity (Wildman–Crippen MR) is 110 cm³/mol. The van der Waals surface area contributed by atoms with Gasteiger partial charge in [0, 0.05) is 30.1 Å². The van der Waals surface area contributed by atoms with Crippen LogP contribution < -0.4 is 10.1 Å². The van der Waals surface area contributed by atoms with Gasteiger partial charge in [0.25, 0.3) is 5.91 Å². The maximum Gasteiger partial charge on any atom is 0.281 e. The highest BCUT2D eigenvalue weighted by molar-refractivity contribution is 5.97. The van der Waals surface area contributed by atoms with Gasteiger partial charge in [-0.3, -0.25) is 9.78 Å². The van der Waals surface area contributed by atoms with Crippen LogP contribution in [0.15, 0.2) is 79.1 Å². The van der Waals surface area contributed by atoms with Crippen LogP contribution in [0.1, 0.15) is 15.9 Å². The Morgan fingerprint density at radius 1 is 1.03 bits per heavy atom. The highest BCUT2D eigenvalue weighted by Crippen LogP contribution is 2.20. The molecule has 0 aliphatic carbocycles. The summed E-state index contributed by atoms with van der Waals surface area (Å²) in [4.78, 5) is 21.7. The third kappa shape index (κ3) is 4.14. The minimum Gasteiger partial charge on any atom is -0.497 e. The molecule has 7 heteroatoms. The van der Waals surface area contributed by atoms with E-state index in [2.05, 4.69) is 20.4 Å². The number of methoxy groups -OCH3 is 1. The third-order valence-electron chi connectivity index (χ3n) is 4.35. The SMILES string of the molecule is COc1cccc(C(=O)n2nc(-c3ccncc3)nc2NCc2ccccc2)c1. The Labute approximate surface area is 168 Å². The molecule has 144 valence electrons. The zero-order chi connectivity index (χ0) is 20.1. The maximum absolute atomic E-state index is 13.1. The molecule has 0 saturated heterocycles. The van der Waals surface area contributed by atoms with Gasteiger partial charge in [-0.2, -0.15) is 9.67 Å². The Balaban J connectivity index is 1.70. The maximum atomic E-state index is 13.1. The summed E-state index contributed by atoms with van der Waals surface area (Å²) in [5.41, 5.74) is 2.31. The number of hydrogen-bond donors (Lipinski definition) is 1. The first kappa shape index (κ1) is 18.4. The Bertz CT molecular complexity index is 1110. The Morgan fingerprint density at radius 2 is 1.83 bits per heavy atom. The van der Waals surface area contributed by atoms with Crippen LogP contribution in [0.2, 0.25) is 0 Å². The number of rotatable bonds is 6. The highest BCUT2D eigenvalue weighted by Gasteiger charge is 2.19. The van der Waals surface area contributed by atoms with Crippen molar-refractivity contribution in [3.8, 4) is 17.1 Å². The number of nitrogens with zero attached hydrogens (tertiary/aromatic N) is 4. The summed E-state index contributed by atoms with van der Waals surface area (Å²) in [6.07, 6.45) is 3.33. The Hall–Kier alpha value is -4.00. The van der Waals surface area contributed by atoms with E-state index < -0.39 is 0 Å². The average Bonchev–Trinajstić information content (AvgIpc) is 3.23. The molecule has 0 spiro atoms. The first-order chi connectivity index (χ1) is 14.2. The molecular weight excluding hydrogens is 366 g/mol. The van der Waals surface area contributed by atoms with E-state index in [1.54, 1.807) is 55.9 Å². The minimum atomic E-state index is -0.299. The first-order valence-electron chi connectivity index (χ1n) is 9.08. The summed E-state index contributed by atoms with van der Waals surface area (Å²) in [6.45, 7) is 0.515. The van der Waals surface area contributed by atoms with Gasteiger partial charge in [0.1, 0.15) is 5.75 Å². The molecular formula is C22H19N5O2. The number of carbonyl (C=O) groups excluding carboxylic acids is 1. The van der Waals surface area contributed by atoms with Crippen molar-refractivity contribution in [2.75, 3.05) is 12.4 Å². The molecule has 7 nitrogen and oxygen atoms in total. The quantitative estimate of drug-likeness (QED) is 0.546. The zero-order valence-corrected chi connectivity index (χ0v) is 15.8. The van der Waals surface area contributed by atoms with Gasteiger partial charge >= 0.3 is 0 Å². The van der Waals surface area contributed by atoms with Gasteiger partial charge in [0.15, 0.2) is 5.82 Å². The number of anilines is 1. The molecule has 0 aliphatic rings. The second kappa shape index (κ2) is 8.35. The summed E-state index contributed by atoms with van der Waals surface area (Å²) >= 11 is 0. The normalized spacial score (nSPS) is 10.5. The van der Waals surface area contributed by atoms with Gasteiger partial charge in [0.2, 0.25) is 5.95 Å². The van der Waals surface area contributed by atoms with Crippen LogP contribution in [0.3, 0.4) is 0 Å². The number of hydrogen-bond acceptors (Lipinski definition) is 6. The summed E-state index contributed by atoms with van der Waals surface area (Å²) in [5.74, 6) is 1.11. The van der Waals surface area contributed by atoms with Crippen LogP contribution in [-0.2, 0) is 6.54 Å². The summed E-state index contributed by atoms with van der Waals surface area (Å²) in [7, 11) is 1.56. The fourth-order valence-electron chi connectivity index (χ4n) is 2.85. The smallest absolute Gasteiger partial charge is 0.281 e. The molecule has 0 atom stereocenters. The number of benzene rings is 2. The molecule has 0 bridgehead atoms. The van der Waals surface area contributed by atoms with E-state index in [0.717, 1.165) is 11.1 Å². The van der Waals surface area contributed by atoms with Crippen molar-refractivity contribution in [2.45, 2.75) is 6.54 Å². The molecule has 0 amide bonds. The van der Waals surface area contributed by atoms with Gasteiger partial charge in [-0.05, 0) is 35.9 Å². The molecule has 0 aliphatic heterocycles. The van der Waals surface area contributed by atoms with E-state index in [0.29, 0.717) is 29.6 Å². The van der Waals surface area contributed by atoms with Crippen molar-refractivity contribution in [3.63, 3.8) is 0 Å². The molecule has 4 rings (SSSR count). The van der Waals surface area contributed by atoms with E-state index >= 15 is 0 Å². The van der Waals surface area contributed by atoms with Gasteiger partial charge in [-0.1, -0.05) is 36.4 Å². The number of nitrogens with one attached hydrogen (secondary N) is 1. The number of carbonyl (C=O) groups is 1. The standard InChI is InChI=1S/C22H19N5O2/c1-29-19-9-5-8-18(14-19)21(28)27-22(24-15-16-6-3-2-4-7-16)25-20(26-27)17-10-12-23-13-11-17/h2-14H,15H2,1H3,(H,24,25,26). The lowest BCUT2D eigenvalue weighted by atomic mass is 10.2. The van der Waals surface area contributed by atoms with Crippen molar-refractivity contribution in [1.29, 1.82) is 0 Å². The zero-order valence-electron chi connectivity index (χ0n) is 15.8. The molecule has 2 heterocycles.